The Morgan fingerprint density at radius 1 is 1.47 bits per heavy atom. The van der Waals surface area contributed by atoms with Crippen molar-refractivity contribution in [3.63, 3.8) is 0 Å². The van der Waals surface area contributed by atoms with Crippen LogP contribution in [0.25, 0.3) is 0 Å². The Kier molecular flexibility index (Phi) is 5.73. The highest BCUT2D eigenvalue weighted by molar-refractivity contribution is 5.84. The van der Waals surface area contributed by atoms with Gasteiger partial charge >= 0.3 is 5.97 Å². The fraction of sp³-hybridized carbons (Fsp3) is 0.692. The molecule has 0 aromatic rings. The van der Waals surface area contributed by atoms with Gasteiger partial charge in [-0.2, -0.15) is 0 Å². The van der Waals surface area contributed by atoms with Crippen LogP contribution in [-0.4, -0.2) is 36.0 Å². The van der Waals surface area contributed by atoms with E-state index in [2.05, 4.69) is 6.58 Å². The standard InChI is InChI=1S/C13H21NO3/c1-3-5-9-12(15)14-10-7-6-8-11(14)13(16)17-4-2/h3,11H,1,4-10H2,2H3/t11-/m0/s1. The van der Waals surface area contributed by atoms with Gasteiger partial charge < -0.3 is 9.64 Å². The maximum atomic E-state index is 11.9. The van der Waals surface area contributed by atoms with Crippen LogP contribution in [0.1, 0.15) is 39.0 Å². The number of allylic oxidation sites excluding steroid dienone is 1. The number of rotatable bonds is 5. The highest BCUT2D eigenvalue weighted by atomic mass is 16.5. The first-order chi connectivity index (χ1) is 8.20. The minimum Gasteiger partial charge on any atom is -0.464 e. The van der Waals surface area contributed by atoms with Crippen LogP contribution in [0.15, 0.2) is 12.7 Å². The Morgan fingerprint density at radius 3 is 2.88 bits per heavy atom. The molecular weight excluding hydrogens is 218 g/mol. The van der Waals surface area contributed by atoms with Crippen molar-refractivity contribution < 1.29 is 14.3 Å². The van der Waals surface area contributed by atoms with Gasteiger partial charge in [-0.3, -0.25) is 4.79 Å². The molecule has 1 fully saturated rings. The third kappa shape index (κ3) is 3.88. The van der Waals surface area contributed by atoms with Crippen molar-refractivity contribution in [3.05, 3.63) is 12.7 Å². The van der Waals surface area contributed by atoms with Crippen molar-refractivity contribution >= 4 is 11.9 Å². The summed E-state index contributed by atoms with van der Waals surface area (Å²) in [6, 6.07) is -0.374. The van der Waals surface area contributed by atoms with Gasteiger partial charge in [0.25, 0.3) is 0 Å². The summed E-state index contributed by atoms with van der Waals surface area (Å²) in [5.74, 6) is -0.234. The molecule has 0 aliphatic carbocycles. The van der Waals surface area contributed by atoms with Crippen molar-refractivity contribution in [2.75, 3.05) is 13.2 Å². The second-order valence-corrected chi connectivity index (χ2v) is 4.18. The fourth-order valence-corrected chi connectivity index (χ4v) is 2.08. The number of hydrogen-bond donors (Lipinski definition) is 0. The van der Waals surface area contributed by atoms with Crippen molar-refractivity contribution in [3.8, 4) is 0 Å². The summed E-state index contributed by atoms with van der Waals surface area (Å²) >= 11 is 0. The van der Waals surface area contributed by atoms with E-state index in [-0.39, 0.29) is 17.9 Å². The highest BCUT2D eigenvalue weighted by Crippen LogP contribution is 2.19. The van der Waals surface area contributed by atoms with Gasteiger partial charge in [0, 0.05) is 13.0 Å². The van der Waals surface area contributed by atoms with Gasteiger partial charge in [-0.05, 0) is 32.6 Å². The SMILES string of the molecule is C=CCCC(=O)N1CCCC[C@H]1C(=O)OCC. The Balaban J connectivity index is 2.61. The molecule has 96 valence electrons. The molecule has 0 aromatic carbocycles. The lowest BCUT2D eigenvalue weighted by atomic mass is 10.0. The fourth-order valence-electron chi connectivity index (χ4n) is 2.08. The molecule has 1 atom stereocenters. The second kappa shape index (κ2) is 7.09. The molecule has 4 heteroatoms. The Labute approximate surface area is 103 Å². The molecule has 1 rings (SSSR count). The summed E-state index contributed by atoms with van der Waals surface area (Å²) in [5.41, 5.74) is 0. The van der Waals surface area contributed by atoms with Crippen LogP contribution in [0, 0.1) is 0 Å². The van der Waals surface area contributed by atoms with Crippen LogP contribution in [0.5, 0.6) is 0 Å². The van der Waals surface area contributed by atoms with Gasteiger partial charge in [0.1, 0.15) is 6.04 Å². The number of esters is 1. The first-order valence-corrected chi connectivity index (χ1v) is 6.27. The third-order valence-corrected chi connectivity index (χ3v) is 2.94. The number of hydrogen-bond acceptors (Lipinski definition) is 3. The maximum absolute atomic E-state index is 11.9. The number of carbonyl (C=O) groups is 2. The topological polar surface area (TPSA) is 46.6 Å². The van der Waals surface area contributed by atoms with E-state index in [1.54, 1.807) is 17.9 Å². The van der Waals surface area contributed by atoms with E-state index in [1.165, 1.54) is 0 Å². The summed E-state index contributed by atoms with van der Waals surface area (Å²) in [6.07, 6.45) is 5.48. The number of nitrogens with zero attached hydrogens (tertiary/aromatic N) is 1. The summed E-state index contributed by atoms with van der Waals surface area (Å²) in [5, 5.41) is 0. The molecule has 17 heavy (non-hydrogen) atoms. The molecule has 1 saturated heterocycles. The lowest BCUT2D eigenvalue weighted by Gasteiger charge is -2.34. The average molecular weight is 239 g/mol. The summed E-state index contributed by atoms with van der Waals surface area (Å²) in [6.45, 7) is 6.41. The van der Waals surface area contributed by atoms with Gasteiger partial charge in [-0.1, -0.05) is 6.08 Å². The van der Waals surface area contributed by atoms with E-state index in [0.717, 1.165) is 19.3 Å². The summed E-state index contributed by atoms with van der Waals surface area (Å²) in [7, 11) is 0. The van der Waals surface area contributed by atoms with Crippen LogP contribution in [-0.2, 0) is 14.3 Å². The lowest BCUT2D eigenvalue weighted by molar-refractivity contribution is -0.156. The van der Waals surface area contributed by atoms with E-state index in [4.69, 9.17) is 4.74 Å². The third-order valence-electron chi connectivity index (χ3n) is 2.94. The monoisotopic (exact) mass is 239 g/mol. The van der Waals surface area contributed by atoms with Gasteiger partial charge in [0.05, 0.1) is 6.61 Å². The maximum Gasteiger partial charge on any atom is 0.328 e. The van der Waals surface area contributed by atoms with Crippen LogP contribution < -0.4 is 0 Å². The molecule has 1 aliphatic rings. The predicted molar refractivity (Wildman–Crippen MR) is 65.4 cm³/mol. The van der Waals surface area contributed by atoms with E-state index >= 15 is 0 Å². The molecule has 4 nitrogen and oxygen atoms in total. The smallest absolute Gasteiger partial charge is 0.328 e. The summed E-state index contributed by atoms with van der Waals surface area (Å²) < 4.78 is 5.01. The molecule has 1 amide bonds. The van der Waals surface area contributed by atoms with Crippen LogP contribution >= 0.6 is 0 Å². The Bertz CT molecular complexity index is 288. The van der Waals surface area contributed by atoms with Crippen molar-refractivity contribution in [2.45, 2.75) is 45.1 Å². The van der Waals surface area contributed by atoms with E-state index in [1.807, 2.05) is 0 Å². The Hall–Kier alpha value is -1.32. The van der Waals surface area contributed by atoms with Gasteiger partial charge in [-0.25, -0.2) is 4.79 Å². The van der Waals surface area contributed by atoms with Crippen molar-refractivity contribution in [2.24, 2.45) is 0 Å². The number of piperidine rings is 1. The van der Waals surface area contributed by atoms with Crippen LogP contribution in [0.3, 0.4) is 0 Å². The first kappa shape index (κ1) is 13.7. The van der Waals surface area contributed by atoms with Gasteiger partial charge in [-0.15, -0.1) is 6.58 Å². The van der Waals surface area contributed by atoms with Crippen LogP contribution in [0.2, 0.25) is 0 Å². The summed E-state index contributed by atoms with van der Waals surface area (Å²) in [4.78, 5) is 25.4. The molecule has 0 radical (unpaired) electrons. The van der Waals surface area contributed by atoms with E-state index in [0.29, 0.717) is 26.0 Å². The number of ether oxygens (including phenoxy) is 1. The molecule has 0 N–H and O–H groups in total. The highest BCUT2D eigenvalue weighted by Gasteiger charge is 2.32. The molecule has 1 aliphatic heterocycles. The lowest BCUT2D eigenvalue weighted by Crippen LogP contribution is -2.48. The minimum atomic E-state index is -0.374. The predicted octanol–water partition coefficient (Wildman–Crippen LogP) is 1.90. The van der Waals surface area contributed by atoms with Gasteiger partial charge in [0.15, 0.2) is 0 Å². The number of amides is 1. The second-order valence-electron chi connectivity index (χ2n) is 4.18. The minimum absolute atomic E-state index is 0.0302. The molecule has 0 spiro atoms. The Morgan fingerprint density at radius 2 is 2.24 bits per heavy atom. The van der Waals surface area contributed by atoms with Crippen molar-refractivity contribution in [1.82, 2.24) is 4.90 Å². The van der Waals surface area contributed by atoms with E-state index in [9.17, 15) is 9.59 Å². The molecular formula is C13H21NO3. The largest absolute Gasteiger partial charge is 0.464 e. The quantitative estimate of drug-likeness (QED) is 0.543. The van der Waals surface area contributed by atoms with Gasteiger partial charge in [0.2, 0.25) is 5.91 Å². The molecule has 0 saturated carbocycles. The molecule has 0 aromatic heterocycles. The zero-order chi connectivity index (χ0) is 12.7. The van der Waals surface area contributed by atoms with E-state index < -0.39 is 0 Å². The molecule has 0 bridgehead atoms. The van der Waals surface area contributed by atoms with Crippen molar-refractivity contribution in [1.29, 1.82) is 0 Å². The molecule has 1 heterocycles. The number of likely N-dealkylation sites (tertiary alicyclic amines) is 1. The molecule has 0 unspecified atom stereocenters. The zero-order valence-electron chi connectivity index (χ0n) is 10.5. The van der Waals surface area contributed by atoms with Crippen LogP contribution in [0.4, 0.5) is 0 Å². The average Bonchev–Trinajstić information content (AvgIpc) is 2.36. The normalized spacial score (nSPS) is 19.8. The first-order valence-electron chi connectivity index (χ1n) is 6.27. The number of carbonyl (C=O) groups excluding carboxylic acids is 2. The zero-order valence-corrected chi connectivity index (χ0v) is 10.5.